The lowest BCUT2D eigenvalue weighted by molar-refractivity contribution is -0.546. The van der Waals surface area contributed by atoms with Gasteiger partial charge in [-0.25, -0.2) is 9.69 Å². The van der Waals surface area contributed by atoms with Gasteiger partial charge in [-0.15, -0.1) is 0 Å². The Morgan fingerprint density at radius 3 is 1.79 bits per heavy atom. The summed E-state index contributed by atoms with van der Waals surface area (Å²) in [4.78, 5) is 101. The fourth-order valence-corrected chi connectivity index (χ4v) is 7.10. The molecule has 0 aromatic heterocycles. The molecule has 2 aromatic carbocycles. The van der Waals surface area contributed by atoms with Crippen molar-refractivity contribution in [3.8, 4) is 0 Å². The molecular formula is C33H35N3O16. The summed E-state index contributed by atoms with van der Waals surface area (Å²) in [5.74, 6) is -8.09. The lowest BCUT2D eigenvalue weighted by Gasteiger charge is -2.43. The van der Waals surface area contributed by atoms with Crippen molar-refractivity contribution in [3.05, 3.63) is 86.0 Å². The minimum Gasteiger partial charge on any atom is -0.462 e. The fraction of sp³-hybridized carbons (Fsp3) is 0.455. The summed E-state index contributed by atoms with van der Waals surface area (Å²) in [6.07, 6.45) is -7.93. The Labute approximate surface area is 295 Å². The molecule has 2 heterocycles. The molecule has 278 valence electrons. The number of nitro benzene ring substituents is 1. The van der Waals surface area contributed by atoms with Gasteiger partial charge in [0.15, 0.2) is 24.4 Å². The van der Waals surface area contributed by atoms with Crippen LogP contribution in [-0.2, 0) is 68.5 Å². The first-order valence-electron chi connectivity index (χ1n) is 15.6. The maximum absolute atomic E-state index is 14.2. The van der Waals surface area contributed by atoms with Crippen molar-refractivity contribution in [3.63, 3.8) is 0 Å². The molecule has 8 atom stereocenters. The molecule has 4 rings (SSSR count). The third-order valence-corrected chi connectivity index (χ3v) is 8.78. The number of likely N-dealkylation sites (N-methyl/N-ethyl adjacent to an activating group) is 1. The first kappa shape index (κ1) is 38.8. The fourth-order valence-electron chi connectivity index (χ4n) is 7.10. The van der Waals surface area contributed by atoms with E-state index in [1.807, 2.05) is 0 Å². The Bertz CT molecular complexity index is 1770. The normalized spacial score (nSPS) is 24.3. The number of nitro groups is 2. The summed E-state index contributed by atoms with van der Waals surface area (Å²) >= 11 is 0. The lowest BCUT2D eigenvalue weighted by atomic mass is 9.72. The van der Waals surface area contributed by atoms with Crippen LogP contribution < -0.4 is 0 Å². The molecule has 2 unspecified atom stereocenters. The Hall–Kier alpha value is -5.98. The topological polar surface area (TPSA) is 247 Å². The molecule has 0 amide bonds. The van der Waals surface area contributed by atoms with E-state index in [4.69, 9.17) is 28.4 Å². The van der Waals surface area contributed by atoms with Gasteiger partial charge in [-0.1, -0.05) is 30.3 Å². The summed E-state index contributed by atoms with van der Waals surface area (Å²) in [6.45, 7) is 3.98. The number of benzene rings is 2. The van der Waals surface area contributed by atoms with Gasteiger partial charge in [-0.05, 0) is 24.7 Å². The molecule has 19 nitrogen and oxygen atoms in total. The van der Waals surface area contributed by atoms with Gasteiger partial charge in [-0.2, -0.15) is 0 Å². The second kappa shape index (κ2) is 15.1. The SMILES string of the molecule is CC(=O)OC[C@@H](OC(C)=O)[C@@H](OC(C)=O)[C@H](OC(C)=O)[C@H](OC(C)=O)C1C([N+](=O)[O-])[C@@]2(c3ccccc3)C(=O)O[C@]1(c1ccc([N+](=O)[O-])cc1)N2C. The molecule has 0 spiro atoms. The van der Waals surface area contributed by atoms with Crippen LogP contribution in [0.5, 0.6) is 0 Å². The largest absolute Gasteiger partial charge is 0.462 e. The predicted molar refractivity (Wildman–Crippen MR) is 170 cm³/mol. The summed E-state index contributed by atoms with van der Waals surface area (Å²) in [6, 6.07) is 9.89. The van der Waals surface area contributed by atoms with Crippen molar-refractivity contribution in [2.45, 2.75) is 76.3 Å². The summed E-state index contributed by atoms with van der Waals surface area (Å²) in [7, 11) is 1.33. The third-order valence-electron chi connectivity index (χ3n) is 8.78. The first-order chi connectivity index (χ1) is 24.4. The van der Waals surface area contributed by atoms with E-state index in [1.54, 1.807) is 6.07 Å². The second-order valence-corrected chi connectivity index (χ2v) is 12.0. The van der Waals surface area contributed by atoms with Gasteiger partial charge in [0.05, 0.1) is 4.92 Å². The van der Waals surface area contributed by atoms with Crippen molar-refractivity contribution >= 4 is 41.5 Å². The molecule has 2 aliphatic rings. The van der Waals surface area contributed by atoms with Crippen molar-refractivity contribution in [1.82, 2.24) is 4.90 Å². The first-order valence-corrected chi connectivity index (χ1v) is 15.6. The Balaban J connectivity index is 2.12. The highest BCUT2D eigenvalue weighted by Crippen LogP contribution is 2.64. The molecule has 0 saturated carbocycles. The number of non-ortho nitro benzene ring substituents is 1. The minimum absolute atomic E-state index is 0.0553. The van der Waals surface area contributed by atoms with Crippen LogP contribution in [0.3, 0.4) is 0 Å². The van der Waals surface area contributed by atoms with Crippen LogP contribution in [-0.4, -0.2) is 94.7 Å². The van der Waals surface area contributed by atoms with Gasteiger partial charge in [0.25, 0.3) is 11.7 Å². The highest BCUT2D eigenvalue weighted by atomic mass is 16.7. The monoisotopic (exact) mass is 729 g/mol. The summed E-state index contributed by atoms with van der Waals surface area (Å²) < 4.78 is 33.4. The maximum atomic E-state index is 14.2. The van der Waals surface area contributed by atoms with E-state index in [1.165, 1.54) is 48.3 Å². The van der Waals surface area contributed by atoms with Crippen LogP contribution in [0.15, 0.2) is 54.6 Å². The molecule has 2 fully saturated rings. The zero-order valence-corrected chi connectivity index (χ0v) is 28.7. The van der Waals surface area contributed by atoms with Crippen molar-refractivity contribution in [1.29, 1.82) is 0 Å². The van der Waals surface area contributed by atoms with Gasteiger partial charge in [0, 0.05) is 57.2 Å². The average molecular weight is 730 g/mol. The van der Waals surface area contributed by atoms with Crippen molar-refractivity contribution in [2.24, 2.45) is 5.92 Å². The van der Waals surface area contributed by atoms with Gasteiger partial charge in [0.2, 0.25) is 11.3 Å². The number of rotatable bonds is 14. The van der Waals surface area contributed by atoms with E-state index in [0.29, 0.717) is 0 Å². The number of carbonyl (C=O) groups excluding carboxylic acids is 6. The molecular weight excluding hydrogens is 694 g/mol. The van der Waals surface area contributed by atoms with Crippen LogP contribution in [0.4, 0.5) is 5.69 Å². The number of ether oxygens (including phenoxy) is 6. The van der Waals surface area contributed by atoms with E-state index in [9.17, 15) is 49.0 Å². The highest BCUT2D eigenvalue weighted by molar-refractivity contribution is 5.88. The zero-order chi connectivity index (χ0) is 38.7. The van der Waals surface area contributed by atoms with Crippen LogP contribution in [0.1, 0.15) is 45.7 Å². The molecule has 19 heteroatoms. The molecule has 2 aromatic rings. The van der Waals surface area contributed by atoms with Crippen LogP contribution in [0.2, 0.25) is 0 Å². The number of hydrogen-bond donors (Lipinski definition) is 0. The van der Waals surface area contributed by atoms with E-state index in [2.05, 4.69) is 0 Å². The van der Waals surface area contributed by atoms with Crippen molar-refractivity contribution in [2.75, 3.05) is 13.7 Å². The smallest absolute Gasteiger partial charge is 0.340 e. The molecule has 0 radical (unpaired) electrons. The molecule has 0 N–H and O–H groups in total. The Kier molecular flexibility index (Phi) is 11.3. The summed E-state index contributed by atoms with van der Waals surface area (Å²) in [5.41, 5.74) is -4.96. The molecule has 52 heavy (non-hydrogen) atoms. The van der Waals surface area contributed by atoms with Gasteiger partial charge in [0.1, 0.15) is 12.5 Å². The molecule has 2 saturated heterocycles. The Morgan fingerprint density at radius 2 is 1.31 bits per heavy atom. The predicted octanol–water partition coefficient (Wildman–Crippen LogP) is 1.70. The van der Waals surface area contributed by atoms with E-state index >= 15 is 0 Å². The molecule has 2 bridgehead atoms. The zero-order valence-electron chi connectivity index (χ0n) is 28.7. The van der Waals surface area contributed by atoms with Crippen LogP contribution in [0.25, 0.3) is 0 Å². The number of hydrogen-bond acceptors (Lipinski definition) is 17. The summed E-state index contributed by atoms with van der Waals surface area (Å²) in [5, 5.41) is 25.0. The van der Waals surface area contributed by atoms with Gasteiger partial charge < -0.3 is 28.4 Å². The molecule has 0 aliphatic carbocycles. The maximum Gasteiger partial charge on any atom is 0.340 e. The van der Waals surface area contributed by atoms with Crippen LogP contribution >= 0.6 is 0 Å². The van der Waals surface area contributed by atoms with Crippen molar-refractivity contribution < 1.29 is 67.0 Å². The quantitative estimate of drug-likeness (QED) is 0.116. The van der Waals surface area contributed by atoms with E-state index in [-0.39, 0.29) is 16.8 Å². The standard InChI is InChI=1S/C33H35N3O16/c1-17(37)47-16-25(48-18(2)38)27(49-19(3)39)29(51-21(5)41)28(50-20(4)40)26-30(36(45)46)32(22-10-8-7-9-11-22)31(42)52-33(26,34(32)6)23-12-14-24(15-13-23)35(43)44/h7-15,25-30H,16H2,1-6H3/t25-,26?,27-,28-,29+,30?,32+,33+/m1/s1. The third kappa shape index (κ3) is 6.98. The van der Waals surface area contributed by atoms with E-state index < -0.39 is 99.9 Å². The highest BCUT2D eigenvalue weighted by Gasteiger charge is 2.85. The second-order valence-electron chi connectivity index (χ2n) is 12.0. The van der Waals surface area contributed by atoms with Crippen LogP contribution in [0, 0.1) is 26.1 Å². The number of esters is 6. The minimum atomic E-state index is -2.31. The average Bonchev–Trinajstić information content (AvgIpc) is 3.43. The number of carbonyl (C=O) groups is 6. The Morgan fingerprint density at radius 1 is 0.769 bits per heavy atom. The van der Waals surface area contributed by atoms with Gasteiger partial charge >= 0.3 is 35.8 Å². The van der Waals surface area contributed by atoms with E-state index in [0.717, 1.165) is 46.8 Å². The number of nitrogens with zero attached hydrogens (tertiary/aromatic N) is 3. The van der Waals surface area contributed by atoms with Gasteiger partial charge in [-0.3, -0.25) is 44.2 Å². The molecule has 2 aliphatic heterocycles. The lowest BCUT2D eigenvalue weighted by Crippen LogP contribution is -2.63. The number of fused-ring (bicyclic) bond motifs is 2.